The molecule has 2 N–H and O–H groups in total. The monoisotopic (exact) mass is 156 g/mol. The van der Waals surface area contributed by atoms with Crippen molar-refractivity contribution in [2.45, 2.75) is 13.0 Å². The van der Waals surface area contributed by atoms with Gasteiger partial charge in [-0.3, -0.25) is 9.78 Å². The Morgan fingerprint density at radius 1 is 1.90 bits per heavy atom. The largest absolute Gasteiger partial charge is 0.321 e. The lowest BCUT2D eigenvalue weighted by Crippen LogP contribution is -2.25. The van der Waals surface area contributed by atoms with Gasteiger partial charge in [0.2, 0.25) is 0 Å². The topological polar surface area (TPSA) is 56.0 Å². The van der Waals surface area contributed by atoms with Crippen molar-refractivity contribution in [3.8, 4) is 0 Å². The third-order valence-electron chi connectivity index (χ3n) is 1.09. The predicted octanol–water partition coefficient (Wildman–Crippen LogP) is 0.673. The van der Waals surface area contributed by atoms with E-state index in [-0.39, 0.29) is 5.78 Å². The van der Waals surface area contributed by atoms with Gasteiger partial charge < -0.3 is 5.73 Å². The van der Waals surface area contributed by atoms with Crippen LogP contribution in [0.3, 0.4) is 0 Å². The Morgan fingerprint density at radius 3 is 3.00 bits per heavy atom. The zero-order chi connectivity index (χ0) is 7.56. The molecule has 0 saturated heterocycles. The molecule has 0 aromatic carbocycles. The fraction of sp³-hybridized carbons (Fsp3) is 0.333. The van der Waals surface area contributed by atoms with E-state index in [1.54, 1.807) is 12.4 Å². The molecule has 0 fully saturated rings. The lowest BCUT2D eigenvalue weighted by atomic mass is 10.2. The van der Waals surface area contributed by atoms with Gasteiger partial charge in [-0.25, -0.2) is 0 Å². The molecule has 54 valence electrons. The molecule has 1 aromatic heterocycles. The van der Waals surface area contributed by atoms with E-state index >= 15 is 0 Å². The summed E-state index contributed by atoms with van der Waals surface area (Å²) < 4.78 is 0. The molecule has 0 aliphatic rings. The summed E-state index contributed by atoms with van der Waals surface area (Å²) >= 11 is 1.32. The van der Waals surface area contributed by atoms with Crippen LogP contribution in [0.1, 0.15) is 16.6 Å². The van der Waals surface area contributed by atoms with Crippen LogP contribution in [-0.4, -0.2) is 16.8 Å². The molecule has 3 nitrogen and oxygen atoms in total. The first-order chi connectivity index (χ1) is 4.72. The first kappa shape index (κ1) is 7.37. The van der Waals surface area contributed by atoms with E-state index in [2.05, 4.69) is 4.98 Å². The van der Waals surface area contributed by atoms with Gasteiger partial charge in [0.1, 0.15) is 0 Å². The summed E-state index contributed by atoms with van der Waals surface area (Å²) in [5, 5.41) is 0. The van der Waals surface area contributed by atoms with E-state index < -0.39 is 6.04 Å². The van der Waals surface area contributed by atoms with Crippen molar-refractivity contribution in [3.63, 3.8) is 0 Å². The third-order valence-corrected chi connectivity index (χ3v) is 1.88. The van der Waals surface area contributed by atoms with Crippen LogP contribution < -0.4 is 5.73 Å². The molecule has 0 aliphatic carbocycles. The van der Waals surface area contributed by atoms with Crippen LogP contribution in [0, 0.1) is 0 Å². The number of nitrogens with zero attached hydrogens (tertiary/aromatic N) is 1. The maximum absolute atomic E-state index is 11.1. The normalized spacial score (nSPS) is 13.0. The summed E-state index contributed by atoms with van der Waals surface area (Å²) in [6.07, 6.45) is 1.54. The summed E-state index contributed by atoms with van der Waals surface area (Å²) in [7, 11) is 0. The molecule has 0 radical (unpaired) electrons. The second-order valence-corrected chi connectivity index (χ2v) is 2.90. The zero-order valence-electron chi connectivity index (χ0n) is 5.57. The molecule has 0 saturated carbocycles. The average molecular weight is 156 g/mol. The molecule has 0 spiro atoms. The van der Waals surface area contributed by atoms with Crippen LogP contribution in [-0.2, 0) is 0 Å². The number of ketones is 1. The molecule has 1 unspecified atom stereocenters. The van der Waals surface area contributed by atoms with E-state index in [9.17, 15) is 4.79 Å². The van der Waals surface area contributed by atoms with Crippen molar-refractivity contribution in [2.75, 3.05) is 0 Å². The summed E-state index contributed by atoms with van der Waals surface area (Å²) in [4.78, 5) is 15.5. The second-order valence-electron chi connectivity index (χ2n) is 2.02. The zero-order valence-corrected chi connectivity index (χ0v) is 6.39. The first-order valence-corrected chi connectivity index (χ1v) is 3.78. The maximum atomic E-state index is 11.1. The number of thiazole rings is 1. The van der Waals surface area contributed by atoms with Gasteiger partial charge in [-0.05, 0) is 6.92 Å². The summed E-state index contributed by atoms with van der Waals surface area (Å²) in [5.41, 5.74) is 6.98. The number of rotatable bonds is 2. The van der Waals surface area contributed by atoms with Crippen molar-refractivity contribution >= 4 is 17.1 Å². The first-order valence-electron chi connectivity index (χ1n) is 2.90. The Labute approximate surface area is 62.9 Å². The van der Waals surface area contributed by atoms with E-state index in [0.717, 1.165) is 0 Å². The third kappa shape index (κ3) is 1.40. The van der Waals surface area contributed by atoms with Crippen LogP contribution in [0.2, 0.25) is 0 Å². The molecule has 1 rings (SSSR count). The number of aromatic nitrogens is 1. The van der Waals surface area contributed by atoms with Crippen LogP contribution in [0.4, 0.5) is 0 Å². The van der Waals surface area contributed by atoms with E-state index in [1.807, 2.05) is 0 Å². The lowest BCUT2D eigenvalue weighted by molar-refractivity contribution is 0.0971. The standard InChI is InChI=1S/C6H8N2OS/c1-4(7)6(9)5-2-8-3-10-5/h2-4H,7H2,1H3. The van der Waals surface area contributed by atoms with E-state index in [0.29, 0.717) is 4.88 Å². The fourth-order valence-corrected chi connectivity index (χ4v) is 1.22. The molecule has 1 heterocycles. The lowest BCUT2D eigenvalue weighted by Gasteiger charge is -1.97. The highest BCUT2D eigenvalue weighted by atomic mass is 32.1. The van der Waals surface area contributed by atoms with E-state index in [4.69, 9.17) is 5.73 Å². The molecular weight excluding hydrogens is 148 g/mol. The van der Waals surface area contributed by atoms with Crippen molar-refractivity contribution < 1.29 is 4.79 Å². The number of hydrogen-bond donors (Lipinski definition) is 1. The molecule has 0 amide bonds. The number of carbonyl (C=O) groups excluding carboxylic acids is 1. The van der Waals surface area contributed by atoms with Gasteiger partial charge in [0, 0.05) is 6.20 Å². The summed E-state index contributed by atoms with van der Waals surface area (Å²) in [5.74, 6) is -0.0394. The van der Waals surface area contributed by atoms with Gasteiger partial charge in [0.15, 0.2) is 5.78 Å². The molecule has 1 atom stereocenters. The average Bonchev–Trinajstić information content (AvgIpc) is 2.36. The highest BCUT2D eigenvalue weighted by Crippen LogP contribution is 2.07. The molecule has 0 aliphatic heterocycles. The smallest absolute Gasteiger partial charge is 0.190 e. The van der Waals surface area contributed by atoms with Gasteiger partial charge in [0.25, 0.3) is 0 Å². The van der Waals surface area contributed by atoms with Crippen molar-refractivity contribution in [1.82, 2.24) is 4.98 Å². The fourth-order valence-electron chi connectivity index (χ4n) is 0.562. The Hall–Kier alpha value is -0.740. The van der Waals surface area contributed by atoms with Gasteiger partial charge in [-0.1, -0.05) is 0 Å². The van der Waals surface area contributed by atoms with Crippen molar-refractivity contribution in [2.24, 2.45) is 5.73 Å². The van der Waals surface area contributed by atoms with Gasteiger partial charge in [-0.15, -0.1) is 11.3 Å². The van der Waals surface area contributed by atoms with Crippen LogP contribution in [0.25, 0.3) is 0 Å². The minimum absolute atomic E-state index is 0.0394. The Kier molecular flexibility index (Phi) is 2.13. The number of Topliss-reactive ketones (excluding diaryl/α,β-unsaturated/α-hetero) is 1. The minimum Gasteiger partial charge on any atom is -0.321 e. The van der Waals surface area contributed by atoms with Crippen LogP contribution in [0.5, 0.6) is 0 Å². The van der Waals surface area contributed by atoms with E-state index in [1.165, 1.54) is 17.5 Å². The Balaban J connectivity index is 2.78. The van der Waals surface area contributed by atoms with Gasteiger partial charge in [-0.2, -0.15) is 0 Å². The molecule has 1 aromatic rings. The molecule has 4 heteroatoms. The van der Waals surface area contributed by atoms with Gasteiger partial charge >= 0.3 is 0 Å². The quantitative estimate of drug-likeness (QED) is 0.640. The highest BCUT2D eigenvalue weighted by molar-refractivity contribution is 7.11. The predicted molar refractivity (Wildman–Crippen MR) is 40.1 cm³/mol. The SMILES string of the molecule is CC(N)C(=O)c1cncs1. The number of nitrogens with two attached hydrogens (primary N) is 1. The van der Waals surface area contributed by atoms with Crippen LogP contribution >= 0.6 is 11.3 Å². The minimum atomic E-state index is -0.416. The maximum Gasteiger partial charge on any atom is 0.190 e. The summed E-state index contributed by atoms with van der Waals surface area (Å²) in [6.45, 7) is 1.67. The number of hydrogen-bond acceptors (Lipinski definition) is 4. The Morgan fingerprint density at radius 2 is 2.60 bits per heavy atom. The summed E-state index contributed by atoms with van der Waals surface area (Å²) in [6, 6.07) is -0.416. The van der Waals surface area contributed by atoms with Gasteiger partial charge in [0.05, 0.1) is 16.4 Å². The molecular formula is C6H8N2OS. The highest BCUT2D eigenvalue weighted by Gasteiger charge is 2.11. The Bertz CT molecular complexity index is 218. The second kappa shape index (κ2) is 2.90. The van der Waals surface area contributed by atoms with Crippen molar-refractivity contribution in [3.05, 3.63) is 16.6 Å². The van der Waals surface area contributed by atoms with Crippen LogP contribution in [0.15, 0.2) is 11.7 Å². The number of carbonyl (C=O) groups is 1. The molecule has 10 heavy (non-hydrogen) atoms. The van der Waals surface area contributed by atoms with Crippen molar-refractivity contribution in [1.29, 1.82) is 0 Å². The molecule has 0 bridgehead atoms.